The lowest BCUT2D eigenvalue weighted by atomic mass is 9.95. The van der Waals surface area contributed by atoms with Gasteiger partial charge in [0.15, 0.2) is 5.69 Å². The molecule has 0 bridgehead atoms. The van der Waals surface area contributed by atoms with E-state index in [1.807, 2.05) is 28.9 Å². The average molecular weight is 369 g/mol. The van der Waals surface area contributed by atoms with Gasteiger partial charge in [0.1, 0.15) is 0 Å². The lowest BCUT2D eigenvalue weighted by molar-refractivity contribution is 0.0827. The molecule has 144 valence electrons. The Bertz CT molecular complexity index is 867. The van der Waals surface area contributed by atoms with Crippen molar-refractivity contribution in [1.82, 2.24) is 14.7 Å². The van der Waals surface area contributed by atoms with Crippen LogP contribution >= 0.6 is 0 Å². The number of hydrogen-bond acceptors (Lipinski definition) is 4. The van der Waals surface area contributed by atoms with Crippen molar-refractivity contribution in [3.63, 3.8) is 0 Å². The summed E-state index contributed by atoms with van der Waals surface area (Å²) in [7, 11) is 3.48. The third-order valence-electron chi connectivity index (χ3n) is 4.97. The van der Waals surface area contributed by atoms with Crippen LogP contribution in [0.25, 0.3) is 0 Å². The van der Waals surface area contributed by atoms with Crippen molar-refractivity contribution in [2.45, 2.75) is 39.3 Å². The molecule has 1 aromatic heterocycles. The van der Waals surface area contributed by atoms with E-state index in [-0.39, 0.29) is 17.9 Å². The lowest BCUT2D eigenvalue weighted by Crippen LogP contribution is -2.34. The summed E-state index contributed by atoms with van der Waals surface area (Å²) in [6.45, 7) is 7.63. The van der Waals surface area contributed by atoms with Crippen LogP contribution in [0.2, 0.25) is 0 Å². The maximum Gasteiger partial charge on any atom is 0.269 e. The molecule has 0 saturated heterocycles. The van der Waals surface area contributed by atoms with Crippen molar-refractivity contribution in [2.24, 2.45) is 5.73 Å². The predicted molar refractivity (Wildman–Crippen MR) is 105 cm³/mol. The number of aromatic nitrogens is 2. The molecule has 0 radical (unpaired) electrons. The monoisotopic (exact) mass is 369 g/mol. The van der Waals surface area contributed by atoms with Gasteiger partial charge in [-0.15, -0.1) is 0 Å². The van der Waals surface area contributed by atoms with E-state index in [0.717, 1.165) is 23.5 Å². The molecular weight excluding hydrogens is 342 g/mol. The Labute approximate surface area is 159 Å². The Morgan fingerprint density at radius 2 is 1.85 bits per heavy atom. The predicted octanol–water partition coefficient (Wildman–Crippen LogP) is 2.39. The largest absolute Gasteiger partial charge is 0.366 e. The molecule has 0 aliphatic carbocycles. The summed E-state index contributed by atoms with van der Waals surface area (Å²) in [5, 5.41) is 4.49. The number of hydrogen-bond donors (Lipinski definition) is 1. The fourth-order valence-electron chi connectivity index (χ4n) is 3.69. The van der Waals surface area contributed by atoms with Crippen molar-refractivity contribution < 1.29 is 9.59 Å². The Balaban J connectivity index is 1.95. The summed E-state index contributed by atoms with van der Waals surface area (Å²) in [4.78, 5) is 27.8. The van der Waals surface area contributed by atoms with E-state index in [2.05, 4.69) is 30.8 Å². The third-order valence-corrected chi connectivity index (χ3v) is 4.97. The van der Waals surface area contributed by atoms with Crippen LogP contribution in [-0.4, -0.2) is 47.1 Å². The Kier molecular flexibility index (Phi) is 4.95. The van der Waals surface area contributed by atoms with E-state index in [1.165, 1.54) is 0 Å². The standard InChI is InChI=1S/C20H27N5O2/c1-12(2)25-18-13(3)10-24(11-16(18)17(22-25)19(21)26)15-8-6-14(7-9-15)20(27)23(4)5/h6-9,12-13H,10-11H2,1-5H3,(H2,21,26). The molecule has 1 aliphatic heterocycles. The van der Waals surface area contributed by atoms with Crippen LogP contribution in [0, 0.1) is 0 Å². The number of anilines is 1. The first kappa shape index (κ1) is 18.9. The molecule has 7 nitrogen and oxygen atoms in total. The highest BCUT2D eigenvalue weighted by molar-refractivity contribution is 5.94. The van der Waals surface area contributed by atoms with Gasteiger partial charge >= 0.3 is 0 Å². The quantitative estimate of drug-likeness (QED) is 0.897. The molecule has 0 fully saturated rings. The molecule has 7 heteroatoms. The van der Waals surface area contributed by atoms with Gasteiger partial charge < -0.3 is 15.5 Å². The summed E-state index contributed by atoms with van der Waals surface area (Å²) in [6, 6.07) is 7.74. The number of primary amides is 1. The van der Waals surface area contributed by atoms with Crippen LogP contribution in [0.5, 0.6) is 0 Å². The summed E-state index contributed by atoms with van der Waals surface area (Å²) in [5.74, 6) is -0.309. The van der Waals surface area contributed by atoms with Crippen LogP contribution in [0.3, 0.4) is 0 Å². The smallest absolute Gasteiger partial charge is 0.269 e. The van der Waals surface area contributed by atoms with Crippen molar-refractivity contribution >= 4 is 17.5 Å². The summed E-state index contributed by atoms with van der Waals surface area (Å²) in [6.07, 6.45) is 0. The second kappa shape index (κ2) is 7.06. The Morgan fingerprint density at radius 3 is 2.37 bits per heavy atom. The van der Waals surface area contributed by atoms with E-state index in [0.29, 0.717) is 17.8 Å². The van der Waals surface area contributed by atoms with Crippen molar-refractivity contribution in [2.75, 3.05) is 25.5 Å². The summed E-state index contributed by atoms with van der Waals surface area (Å²) in [5.41, 5.74) is 9.60. The van der Waals surface area contributed by atoms with Crippen LogP contribution in [-0.2, 0) is 6.54 Å². The highest BCUT2D eigenvalue weighted by Crippen LogP contribution is 2.34. The Hall–Kier alpha value is -2.83. The fraction of sp³-hybridized carbons (Fsp3) is 0.450. The second-order valence-corrected chi connectivity index (χ2v) is 7.64. The molecule has 2 N–H and O–H groups in total. The van der Waals surface area contributed by atoms with E-state index >= 15 is 0 Å². The van der Waals surface area contributed by atoms with Gasteiger partial charge in [0, 0.05) is 61.7 Å². The zero-order valence-electron chi connectivity index (χ0n) is 16.6. The number of amides is 2. The molecule has 0 spiro atoms. The molecule has 1 atom stereocenters. The Morgan fingerprint density at radius 1 is 1.22 bits per heavy atom. The second-order valence-electron chi connectivity index (χ2n) is 7.64. The van der Waals surface area contributed by atoms with Crippen molar-refractivity contribution in [3.05, 3.63) is 46.8 Å². The highest BCUT2D eigenvalue weighted by Gasteiger charge is 2.32. The molecule has 2 heterocycles. The number of rotatable bonds is 4. The zero-order valence-corrected chi connectivity index (χ0v) is 16.6. The van der Waals surface area contributed by atoms with Gasteiger partial charge in [-0.25, -0.2) is 0 Å². The van der Waals surface area contributed by atoms with Crippen LogP contribution in [0.4, 0.5) is 5.69 Å². The van der Waals surface area contributed by atoms with Crippen LogP contribution < -0.4 is 10.6 Å². The molecular formula is C20H27N5O2. The number of nitrogens with two attached hydrogens (primary N) is 1. The van der Waals surface area contributed by atoms with Gasteiger partial charge in [0.05, 0.1) is 0 Å². The number of fused-ring (bicyclic) bond motifs is 1. The van der Waals surface area contributed by atoms with Gasteiger partial charge in [-0.1, -0.05) is 6.92 Å². The lowest BCUT2D eigenvalue weighted by Gasteiger charge is -2.34. The normalized spacial score (nSPS) is 16.4. The first-order valence-corrected chi connectivity index (χ1v) is 9.18. The molecule has 1 unspecified atom stereocenters. The van der Waals surface area contributed by atoms with Crippen LogP contribution in [0.1, 0.15) is 64.8 Å². The molecule has 2 aromatic rings. The summed E-state index contributed by atoms with van der Waals surface area (Å²) >= 11 is 0. The van der Waals surface area contributed by atoms with Crippen molar-refractivity contribution in [3.8, 4) is 0 Å². The van der Waals surface area contributed by atoms with E-state index < -0.39 is 5.91 Å². The molecule has 1 aliphatic rings. The van der Waals surface area contributed by atoms with Gasteiger partial charge in [0.25, 0.3) is 11.8 Å². The van der Waals surface area contributed by atoms with Crippen LogP contribution in [0.15, 0.2) is 24.3 Å². The number of carbonyl (C=O) groups excluding carboxylic acids is 2. The molecule has 3 rings (SSSR count). The van der Waals surface area contributed by atoms with Crippen molar-refractivity contribution in [1.29, 1.82) is 0 Å². The molecule has 2 amide bonds. The first-order chi connectivity index (χ1) is 12.7. The molecule has 1 aromatic carbocycles. The topological polar surface area (TPSA) is 84.5 Å². The van der Waals surface area contributed by atoms with E-state index in [1.54, 1.807) is 19.0 Å². The number of carbonyl (C=O) groups is 2. The van der Waals surface area contributed by atoms with Gasteiger partial charge in [-0.2, -0.15) is 5.10 Å². The van der Waals surface area contributed by atoms with Gasteiger partial charge in [0.2, 0.25) is 0 Å². The first-order valence-electron chi connectivity index (χ1n) is 9.18. The minimum absolute atomic E-state index is 0.0231. The van der Waals surface area contributed by atoms with E-state index in [9.17, 15) is 9.59 Å². The minimum atomic E-state index is -0.494. The molecule has 27 heavy (non-hydrogen) atoms. The number of benzene rings is 1. The van der Waals surface area contributed by atoms with E-state index in [4.69, 9.17) is 5.73 Å². The zero-order chi connectivity index (χ0) is 19.9. The summed E-state index contributed by atoms with van der Waals surface area (Å²) < 4.78 is 1.93. The fourth-order valence-corrected chi connectivity index (χ4v) is 3.69. The maximum atomic E-state index is 12.1. The highest BCUT2D eigenvalue weighted by atomic mass is 16.2. The minimum Gasteiger partial charge on any atom is -0.366 e. The van der Waals surface area contributed by atoms with Gasteiger partial charge in [-0.05, 0) is 38.1 Å². The maximum absolute atomic E-state index is 12.1. The SMILES string of the molecule is CC1CN(c2ccc(C(=O)N(C)C)cc2)Cc2c(C(N)=O)nn(C(C)C)c21. The van der Waals surface area contributed by atoms with Gasteiger partial charge in [-0.3, -0.25) is 14.3 Å². The average Bonchev–Trinajstić information content (AvgIpc) is 3.02. The third kappa shape index (κ3) is 3.41. The number of nitrogens with zero attached hydrogens (tertiary/aromatic N) is 4. The molecule has 0 saturated carbocycles.